The Bertz CT molecular complexity index is 111. The Morgan fingerprint density at radius 3 is 2.83 bits per heavy atom. The minimum Gasteiger partial charge on any atom is -0.396 e. The maximum Gasteiger partial charge on any atom is 0.0643 e. The molecule has 1 aliphatic heterocycles. The molecule has 1 saturated heterocycles. The molecule has 1 unspecified atom stereocenters. The molecule has 0 aliphatic carbocycles. The second kappa shape index (κ2) is 5.48. The average Bonchev–Trinajstić information content (AvgIpc) is 1.97. The topological polar surface area (TPSA) is 50.7 Å². The fourth-order valence-corrected chi connectivity index (χ4v) is 1.24. The van der Waals surface area contributed by atoms with Crippen LogP contribution in [0.15, 0.2) is 0 Å². The zero-order valence-electron chi connectivity index (χ0n) is 7.45. The Labute approximate surface area is 72.9 Å². The van der Waals surface area contributed by atoms with Crippen LogP contribution in [-0.4, -0.2) is 50.7 Å². The number of nitrogens with one attached hydrogen (secondary N) is 1. The predicted molar refractivity (Wildman–Crippen MR) is 45.1 cm³/mol. The van der Waals surface area contributed by atoms with Gasteiger partial charge in [-0.25, -0.2) is 0 Å². The van der Waals surface area contributed by atoms with Crippen molar-refractivity contribution in [3.05, 3.63) is 0 Å². The minimum atomic E-state index is 0.203. The number of hydrogen-bond acceptors (Lipinski definition) is 4. The lowest BCUT2D eigenvalue weighted by atomic mass is 10.1. The molecule has 1 aliphatic rings. The van der Waals surface area contributed by atoms with E-state index in [0.717, 1.165) is 19.6 Å². The van der Waals surface area contributed by atoms with Crippen LogP contribution in [0.3, 0.4) is 0 Å². The van der Waals surface area contributed by atoms with Gasteiger partial charge in [-0.15, -0.1) is 0 Å². The van der Waals surface area contributed by atoms with Crippen molar-refractivity contribution >= 4 is 0 Å². The summed E-state index contributed by atoms with van der Waals surface area (Å²) in [4.78, 5) is 0. The molecule has 0 bridgehead atoms. The van der Waals surface area contributed by atoms with Gasteiger partial charge in [-0.05, 0) is 6.42 Å². The molecule has 0 aromatic heterocycles. The zero-order valence-corrected chi connectivity index (χ0v) is 7.45. The van der Waals surface area contributed by atoms with Crippen molar-refractivity contribution in [2.45, 2.75) is 18.5 Å². The van der Waals surface area contributed by atoms with E-state index in [1.165, 1.54) is 0 Å². The molecule has 0 saturated carbocycles. The lowest BCUT2D eigenvalue weighted by Gasteiger charge is -2.31. The molecule has 0 aromatic rings. The molecule has 2 N–H and O–H groups in total. The Balaban J connectivity index is 2.11. The standard InChI is InChI=1S/C8H17NO3/c1-11-4-7(2-3-10)9-8-5-12-6-8/h7-10H,2-6H2,1H3. The molecule has 4 nitrogen and oxygen atoms in total. The molecular weight excluding hydrogens is 158 g/mol. The number of ether oxygens (including phenoxy) is 2. The van der Waals surface area contributed by atoms with Crippen LogP contribution in [0.1, 0.15) is 6.42 Å². The number of aliphatic hydroxyl groups excluding tert-OH is 1. The fraction of sp³-hybridized carbons (Fsp3) is 1.00. The summed E-state index contributed by atoms with van der Waals surface area (Å²) in [6.07, 6.45) is 0.740. The highest BCUT2D eigenvalue weighted by molar-refractivity contribution is 4.78. The number of methoxy groups -OCH3 is 1. The van der Waals surface area contributed by atoms with Gasteiger partial charge in [0.15, 0.2) is 0 Å². The smallest absolute Gasteiger partial charge is 0.0643 e. The van der Waals surface area contributed by atoms with E-state index in [1.54, 1.807) is 7.11 Å². The van der Waals surface area contributed by atoms with E-state index >= 15 is 0 Å². The monoisotopic (exact) mass is 175 g/mol. The van der Waals surface area contributed by atoms with Crippen molar-refractivity contribution in [2.24, 2.45) is 0 Å². The Morgan fingerprint density at radius 2 is 2.42 bits per heavy atom. The first-order chi connectivity index (χ1) is 5.86. The van der Waals surface area contributed by atoms with Crippen LogP contribution >= 0.6 is 0 Å². The molecule has 0 amide bonds. The maximum absolute atomic E-state index is 8.74. The third-order valence-corrected chi connectivity index (χ3v) is 1.95. The van der Waals surface area contributed by atoms with Crippen LogP contribution in [0.25, 0.3) is 0 Å². The molecule has 0 radical (unpaired) electrons. The Kier molecular flexibility index (Phi) is 4.53. The van der Waals surface area contributed by atoms with Crippen molar-refractivity contribution in [1.82, 2.24) is 5.32 Å². The molecule has 1 heterocycles. The minimum absolute atomic E-state index is 0.203. The number of aliphatic hydroxyl groups is 1. The van der Waals surface area contributed by atoms with Gasteiger partial charge in [-0.2, -0.15) is 0 Å². The maximum atomic E-state index is 8.74. The van der Waals surface area contributed by atoms with Gasteiger partial charge >= 0.3 is 0 Å². The Morgan fingerprint density at radius 1 is 1.67 bits per heavy atom. The number of rotatable bonds is 6. The van der Waals surface area contributed by atoms with E-state index in [1.807, 2.05) is 0 Å². The van der Waals surface area contributed by atoms with E-state index in [4.69, 9.17) is 14.6 Å². The quantitative estimate of drug-likeness (QED) is 0.564. The van der Waals surface area contributed by atoms with E-state index in [9.17, 15) is 0 Å². The van der Waals surface area contributed by atoms with Gasteiger partial charge in [0.1, 0.15) is 0 Å². The first kappa shape index (κ1) is 9.92. The van der Waals surface area contributed by atoms with Crippen LogP contribution in [0.4, 0.5) is 0 Å². The molecule has 12 heavy (non-hydrogen) atoms. The molecule has 72 valence electrons. The van der Waals surface area contributed by atoms with Crippen LogP contribution in [-0.2, 0) is 9.47 Å². The SMILES string of the molecule is COCC(CCO)NC1COC1. The van der Waals surface area contributed by atoms with Crippen LogP contribution in [0.2, 0.25) is 0 Å². The summed E-state index contributed by atoms with van der Waals surface area (Å²) in [6, 6.07) is 0.714. The highest BCUT2D eigenvalue weighted by atomic mass is 16.5. The number of hydrogen-bond donors (Lipinski definition) is 2. The molecule has 1 atom stereocenters. The lowest BCUT2D eigenvalue weighted by Crippen LogP contribution is -2.51. The summed E-state index contributed by atoms with van der Waals surface area (Å²) in [5.41, 5.74) is 0. The van der Waals surface area contributed by atoms with Gasteiger partial charge in [0.05, 0.1) is 25.9 Å². The van der Waals surface area contributed by atoms with E-state index in [-0.39, 0.29) is 12.6 Å². The lowest BCUT2D eigenvalue weighted by molar-refractivity contribution is -0.0160. The van der Waals surface area contributed by atoms with Crippen molar-refractivity contribution in [1.29, 1.82) is 0 Å². The summed E-state index contributed by atoms with van der Waals surface area (Å²) < 4.78 is 10.0. The summed E-state index contributed by atoms with van der Waals surface area (Å²) in [5.74, 6) is 0. The van der Waals surface area contributed by atoms with Gasteiger partial charge in [0.2, 0.25) is 0 Å². The van der Waals surface area contributed by atoms with E-state index in [2.05, 4.69) is 5.32 Å². The highest BCUT2D eigenvalue weighted by Crippen LogP contribution is 2.03. The third kappa shape index (κ3) is 3.06. The van der Waals surface area contributed by atoms with Crippen molar-refractivity contribution < 1.29 is 14.6 Å². The predicted octanol–water partition coefficient (Wildman–Crippen LogP) is -0.628. The van der Waals surface area contributed by atoms with E-state index < -0.39 is 0 Å². The first-order valence-electron chi connectivity index (χ1n) is 4.30. The van der Waals surface area contributed by atoms with Crippen molar-refractivity contribution in [3.8, 4) is 0 Å². The largest absolute Gasteiger partial charge is 0.396 e. The van der Waals surface area contributed by atoms with Crippen LogP contribution in [0, 0.1) is 0 Å². The Hall–Kier alpha value is -0.160. The zero-order chi connectivity index (χ0) is 8.81. The molecule has 0 aromatic carbocycles. The van der Waals surface area contributed by atoms with Gasteiger partial charge in [0, 0.05) is 19.8 Å². The van der Waals surface area contributed by atoms with Gasteiger partial charge < -0.3 is 19.9 Å². The summed E-state index contributed by atoms with van der Waals surface area (Å²) >= 11 is 0. The van der Waals surface area contributed by atoms with Gasteiger partial charge in [-0.3, -0.25) is 0 Å². The molecular formula is C8H17NO3. The summed E-state index contributed by atoms with van der Waals surface area (Å²) in [7, 11) is 1.67. The van der Waals surface area contributed by atoms with Crippen LogP contribution < -0.4 is 5.32 Å². The molecule has 0 spiro atoms. The van der Waals surface area contributed by atoms with Gasteiger partial charge in [0.25, 0.3) is 0 Å². The fourth-order valence-electron chi connectivity index (χ4n) is 1.24. The van der Waals surface area contributed by atoms with E-state index in [0.29, 0.717) is 12.6 Å². The highest BCUT2D eigenvalue weighted by Gasteiger charge is 2.21. The molecule has 4 heteroatoms. The van der Waals surface area contributed by atoms with Crippen LogP contribution in [0.5, 0.6) is 0 Å². The second-order valence-electron chi connectivity index (χ2n) is 3.07. The first-order valence-corrected chi connectivity index (χ1v) is 4.30. The van der Waals surface area contributed by atoms with Crippen molar-refractivity contribution in [3.63, 3.8) is 0 Å². The summed E-state index contributed by atoms with van der Waals surface area (Å²) in [5, 5.41) is 12.1. The van der Waals surface area contributed by atoms with Gasteiger partial charge in [-0.1, -0.05) is 0 Å². The molecule has 1 rings (SSSR count). The summed E-state index contributed by atoms with van der Waals surface area (Å²) in [6.45, 7) is 2.42. The second-order valence-corrected chi connectivity index (χ2v) is 3.07. The average molecular weight is 175 g/mol. The molecule has 1 fully saturated rings. The van der Waals surface area contributed by atoms with Crippen molar-refractivity contribution in [2.75, 3.05) is 33.5 Å². The normalized spacial score (nSPS) is 20.5. The third-order valence-electron chi connectivity index (χ3n) is 1.95.